The summed E-state index contributed by atoms with van der Waals surface area (Å²) >= 11 is 0. The Morgan fingerprint density at radius 3 is 2.77 bits per heavy atom. The van der Waals surface area contributed by atoms with Crippen molar-refractivity contribution in [3.63, 3.8) is 0 Å². The Labute approximate surface area is 176 Å². The predicted octanol–water partition coefficient (Wildman–Crippen LogP) is 4.87. The van der Waals surface area contributed by atoms with Crippen molar-refractivity contribution in [1.82, 2.24) is 30.6 Å². The van der Waals surface area contributed by atoms with Gasteiger partial charge in [-0.3, -0.25) is 15.5 Å². The van der Waals surface area contributed by atoms with Crippen molar-refractivity contribution in [2.75, 3.05) is 0 Å². The summed E-state index contributed by atoms with van der Waals surface area (Å²) in [6, 6.07) is 12.4. The first-order valence-corrected chi connectivity index (χ1v) is 9.60. The van der Waals surface area contributed by atoms with E-state index in [4.69, 9.17) is 0 Å². The summed E-state index contributed by atoms with van der Waals surface area (Å²) in [5.74, 6) is -0.264. The first-order chi connectivity index (χ1) is 15.1. The fraction of sp³-hybridized carbons (Fsp3) is 0.0435. The van der Waals surface area contributed by atoms with Crippen LogP contribution in [0.4, 0.5) is 4.39 Å². The van der Waals surface area contributed by atoms with Gasteiger partial charge in [0.25, 0.3) is 0 Å². The summed E-state index contributed by atoms with van der Waals surface area (Å²) < 4.78 is 13.4. The van der Waals surface area contributed by atoms with E-state index in [0.717, 1.165) is 55.7 Å². The van der Waals surface area contributed by atoms with Gasteiger partial charge in [0.2, 0.25) is 0 Å². The highest BCUT2D eigenvalue weighted by Crippen LogP contribution is 2.33. The number of aromatic amines is 2. The van der Waals surface area contributed by atoms with Crippen LogP contribution >= 0.6 is 0 Å². The van der Waals surface area contributed by atoms with Gasteiger partial charge in [0, 0.05) is 29.9 Å². The maximum atomic E-state index is 13.4. The highest BCUT2D eigenvalue weighted by Gasteiger charge is 2.15. The molecule has 4 heterocycles. The first kappa shape index (κ1) is 18.7. The van der Waals surface area contributed by atoms with Crippen LogP contribution in [0.2, 0.25) is 0 Å². The largest absolute Gasteiger partial charge is 0.338 e. The van der Waals surface area contributed by atoms with Crippen LogP contribution in [0.5, 0.6) is 0 Å². The molecule has 7 nitrogen and oxygen atoms in total. The lowest BCUT2D eigenvalue weighted by Gasteiger charge is -2.02. The Bertz CT molecular complexity index is 1440. The molecule has 0 radical (unpaired) electrons. The van der Waals surface area contributed by atoms with Gasteiger partial charge in [-0.25, -0.2) is 9.37 Å². The Morgan fingerprint density at radius 2 is 1.97 bits per heavy atom. The molecule has 0 aliphatic carbocycles. The summed E-state index contributed by atoms with van der Waals surface area (Å²) in [6.45, 7) is 5.34. The van der Waals surface area contributed by atoms with Gasteiger partial charge in [-0.1, -0.05) is 12.1 Å². The highest BCUT2D eigenvalue weighted by molar-refractivity contribution is 6.00. The Kier molecular flexibility index (Phi) is 4.51. The van der Waals surface area contributed by atoms with E-state index in [2.05, 4.69) is 42.4 Å². The molecule has 0 amide bonds. The van der Waals surface area contributed by atoms with Gasteiger partial charge >= 0.3 is 0 Å². The summed E-state index contributed by atoms with van der Waals surface area (Å²) in [5.41, 5.74) is 9.49. The number of aromatic nitrogens is 5. The third-order valence-electron chi connectivity index (χ3n) is 5.17. The number of pyridine rings is 2. The van der Waals surface area contributed by atoms with Crippen molar-refractivity contribution >= 4 is 34.2 Å². The van der Waals surface area contributed by atoms with Gasteiger partial charge < -0.3 is 4.98 Å². The summed E-state index contributed by atoms with van der Waals surface area (Å²) in [4.78, 5) is 12.3. The van der Waals surface area contributed by atoms with E-state index in [1.54, 1.807) is 30.7 Å². The van der Waals surface area contributed by atoms with E-state index < -0.39 is 0 Å². The second-order valence-electron chi connectivity index (χ2n) is 7.11. The van der Waals surface area contributed by atoms with Crippen molar-refractivity contribution in [1.29, 1.82) is 0 Å². The van der Waals surface area contributed by atoms with Crippen molar-refractivity contribution in [2.24, 2.45) is 5.10 Å². The van der Waals surface area contributed by atoms with E-state index in [0.29, 0.717) is 0 Å². The van der Waals surface area contributed by atoms with Gasteiger partial charge in [0.15, 0.2) is 0 Å². The molecular weight excluding hydrogens is 393 g/mol. The van der Waals surface area contributed by atoms with Crippen molar-refractivity contribution in [3.05, 3.63) is 72.6 Å². The van der Waals surface area contributed by atoms with Crippen molar-refractivity contribution in [3.8, 4) is 22.5 Å². The zero-order valence-electron chi connectivity index (χ0n) is 16.6. The number of nitrogens with zero attached hydrogens (tertiary/aromatic N) is 4. The van der Waals surface area contributed by atoms with Crippen LogP contribution in [0.1, 0.15) is 12.6 Å². The smallest absolute Gasteiger partial charge is 0.138 e. The van der Waals surface area contributed by atoms with E-state index in [1.165, 1.54) is 12.1 Å². The lowest BCUT2D eigenvalue weighted by molar-refractivity contribution is 0.628. The molecule has 0 atom stereocenters. The fourth-order valence-corrected chi connectivity index (χ4v) is 3.59. The molecule has 0 aliphatic rings. The summed E-state index contributed by atoms with van der Waals surface area (Å²) in [6.07, 6.45) is 5.23. The molecule has 152 valence electrons. The molecule has 0 spiro atoms. The average Bonchev–Trinajstić information content (AvgIpc) is 3.41. The molecule has 0 unspecified atom stereocenters. The number of rotatable bonds is 5. The van der Waals surface area contributed by atoms with Crippen LogP contribution in [0.25, 0.3) is 50.0 Å². The fourth-order valence-electron chi connectivity index (χ4n) is 3.59. The maximum Gasteiger partial charge on any atom is 0.138 e. The van der Waals surface area contributed by atoms with E-state index in [-0.39, 0.29) is 5.82 Å². The molecule has 0 saturated heterocycles. The van der Waals surface area contributed by atoms with Gasteiger partial charge in [-0.05, 0) is 54.0 Å². The molecule has 0 bridgehead atoms. The lowest BCUT2D eigenvalue weighted by atomic mass is 10.0. The van der Waals surface area contributed by atoms with Gasteiger partial charge in [0.1, 0.15) is 17.2 Å². The van der Waals surface area contributed by atoms with Crippen molar-refractivity contribution < 1.29 is 4.39 Å². The van der Waals surface area contributed by atoms with E-state index in [9.17, 15) is 4.39 Å². The first-order valence-electron chi connectivity index (χ1n) is 9.60. The number of fused-ring (bicyclic) bond motifs is 2. The number of nitrogens with one attached hydrogen (secondary N) is 3. The van der Waals surface area contributed by atoms with Crippen LogP contribution in [0, 0.1) is 5.82 Å². The van der Waals surface area contributed by atoms with Crippen molar-refractivity contribution in [2.45, 2.75) is 6.92 Å². The minimum Gasteiger partial charge on any atom is -0.338 e. The number of H-pyrrole nitrogens is 2. The van der Waals surface area contributed by atoms with Gasteiger partial charge in [-0.15, -0.1) is 0 Å². The molecule has 0 saturated carbocycles. The van der Waals surface area contributed by atoms with Crippen LogP contribution in [0.3, 0.4) is 0 Å². The number of hydrazone groups is 1. The molecule has 5 rings (SSSR count). The molecule has 5 aromatic rings. The average molecular weight is 411 g/mol. The third kappa shape index (κ3) is 3.33. The number of halogens is 1. The molecule has 4 aromatic heterocycles. The van der Waals surface area contributed by atoms with Crippen LogP contribution in [-0.2, 0) is 0 Å². The zero-order valence-corrected chi connectivity index (χ0v) is 16.6. The second-order valence-corrected chi connectivity index (χ2v) is 7.11. The molecule has 0 aliphatic heterocycles. The van der Waals surface area contributed by atoms with Crippen LogP contribution in [0.15, 0.2) is 66.2 Å². The number of hydrogen-bond acceptors (Lipinski definition) is 5. The molecule has 3 N–H and O–H groups in total. The zero-order chi connectivity index (χ0) is 21.4. The van der Waals surface area contributed by atoms with Crippen LogP contribution in [-0.4, -0.2) is 31.9 Å². The minimum absolute atomic E-state index is 0.264. The Hall–Kier alpha value is -4.33. The van der Waals surface area contributed by atoms with Gasteiger partial charge in [-0.2, -0.15) is 10.2 Å². The Morgan fingerprint density at radius 1 is 1.13 bits per heavy atom. The predicted molar refractivity (Wildman–Crippen MR) is 121 cm³/mol. The SMILES string of the molecule is C=NN/C=C(\C)c1cc2c(-c3cc4c(-c5ccc(F)cc5)ccnc4[nH]3)n[nH]c2cn1. The molecule has 8 heteroatoms. The topological polar surface area (TPSA) is 94.6 Å². The maximum absolute atomic E-state index is 13.4. The molecular formula is C23H18FN7. The highest BCUT2D eigenvalue weighted by atomic mass is 19.1. The van der Waals surface area contributed by atoms with Crippen LogP contribution < -0.4 is 5.43 Å². The van der Waals surface area contributed by atoms with Gasteiger partial charge in [0.05, 0.1) is 23.1 Å². The summed E-state index contributed by atoms with van der Waals surface area (Å²) in [7, 11) is 0. The number of hydrogen-bond donors (Lipinski definition) is 3. The molecule has 0 fully saturated rings. The quantitative estimate of drug-likeness (QED) is 0.284. The lowest BCUT2D eigenvalue weighted by Crippen LogP contribution is -1.94. The minimum atomic E-state index is -0.264. The van der Waals surface area contributed by atoms with E-state index in [1.807, 2.05) is 25.1 Å². The number of allylic oxidation sites excluding steroid dienone is 1. The standard InChI is InChI=1S/C23H18FN7/c1-13(11-28-25-2)19-10-18-21(12-27-19)30-31-22(18)20-9-17-16(7-8-26-23(17)29-20)14-3-5-15(24)6-4-14/h3-12,28H,2H2,1H3,(H,26,29)(H,30,31)/b13-11+. The number of benzene rings is 1. The Balaban J connectivity index is 1.63. The monoisotopic (exact) mass is 411 g/mol. The normalized spacial score (nSPS) is 11.9. The van der Waals surface area contributed by atoms with E-state index >= 15 is 0 Å². The molecule has 1 aromatic carbocycles. The second kappa shape index (κ2) is 7.49. The molecule has 31 heavy (non-hydrogen) atoms. The third-order valence-corrected chi connectivity index (χ3v) is 5.17. The summed E-state index contributed by atoms with van der Waals surface area (Å²) in [5, 5.41) is 13.0.